The minimum atomic E-state index is -0.288. The number of pyridine rings is 1. The SMILES string of the molecule is Cc1ccc(C)c(NC(=O)CCN2C(=S)N[C@@H](c3ccccn3)[C@H]2c2cccn2-c2ccc(F)cc2)c1. The van der Waals surface area contributed by atoms with Crippen LogP contribution in [-0.2, 0) is 4.79 Å². The van der Waals surface area contributed by atoms with Crippen LogP contribution in [0.2, 0.25) is 0 Å². The van der Waals surface area contributed by atoms with Crippen LogP contribution in [-0.4, -0.2) is 32.0 Å². The fraction of sp³-hybridized carbons (Fsp3) is 0.207. The van der Waals surface area contributed by atoms with Crippen LogP contribution in [0, 0.1) is 19.7 Å². The average Bonchev–Trinajstić information content (AvgIpc) is 3.50. The summed E-state index contributed by atoms with van der Waals surface area (Å²) in [5.41, 5.74) is 5.58. The van der Waals surface area contributed by atoms with Gasteiger partial charge >= 0.3 is 0 Å². The van der Waals surface area contributed by atoms with Crippen LogP contribution in [0.1, 0.15) is 41.0 Å². The van der Waals surface area contributed by atoms with Gasteiger partial charge in [-0.1, -0.05) is 18.2 Å². The monoisotopic (exact) mass is 513 g/mol. The molecule has 4 aromatic rings. The molecule has 2 atom stereocenters. The van der Waals surface area contributed by atoms with Gasteiger partial charge in [0.1, 0.15) is 5.82 Å². The molecule has 3 heterocycles. The molecule has 1 aliphatic rings. The number of nitrogens with zero attached hydrogens (tertiary/aromatic N) is 3. The second kappa shape index (κ2) is 10.5. The van der Waals surface area contributed by atoms with E-state index in [-0.39, 0.29) is 30.2 Å². The molecular formula is C29H28FN5OS. The Morgan fingerprint density at radius 1 is 1.08 bits per heavy atom. The second-order valence-electron chi connectivity index (χ2n) is 9.22. The Labute approximate surface area is 221 Å². The Morgan fingerprint density at radius 3 is 2.65 bits per heavy atom. The molecule has 6 nitrogen and oxygen atoms in total. The van der Waals surface area contributed by atoms with Crippen molar-refractivity contribution in [2.75, 3.05) is 11.9 Å². The van der Waals surface area contributed by atoms with Gasteiger partial charge in [-0.05, 0) is 91.8 Å². The highest BCUT2D eigenvalue weighted by Gasteiger charge is 2.41. The van der Waals surface area contributed by atoms with E-state index in [1.807, 2.05) is 78.0 Å². The van der Waals surface area contributed by atoms with Crippen molar-refractivity contribution in [2.24, 2.45) is 0 Å². The number of rotatable bonds is 7. The first-order valence-corrected chi connectivity index (χ1v) is 12.6. The zero-order valence-corrected chi connectivity index (χ0v) is 21.5. The number of thiocarbonyl (C=S) groups is 1. The number of anilines is 1. The van der Waals surface area contributed by atoms with Crippen LogP contribution in [0.15, 0.2) is 85.2 Å². The Kier molecular flexibility index (Phi) is 7.01. The molecule has 0 spiro atoms. The van der Waals surface area contributed by atoms with Crippen molar-refractivity contribution in [1.82, 2.24) is 19.8 Å². The van der Waals surface area contributed by atoms with Gasteiger partial charge in [0.05, 0.1) is 17.8 Å². The van der Waals surface area contributed by atoms with Gasteiger partial charge in [-0.3, -0.25) is 9.78 Å². The molecular weight excluding hydrogens is 485 g/mol. The summed E-state index contributed by atoms with van der Waals surface area (Å²) in [6, 6.07) is 21.7. The topological polar surface area (TPSA) is 62.2 Å². The van der Waals surface area contributed by atoms with Crippen LogP contribution in [0.25, 0.3) is 5.69 Å². The van der Waals surface area contributed by atoms with Crippen LogP contribution < -0.4 is 10.6 Å². The van der Waals surface area contributed by atoms with Crippen molar-refractivity contribution >= 4 is 28.9 Å². The van der Waals surface area contributed by atoms with E-state index in [0.29, 0.717) is 11.7 Å². The maximum absolute atomic E-state index is 13.6. The maximum atomic E-state index is 13.6. The first-order chi connectivity index (χ1) is 17.9. The molecule has 0 aliphatic carbocycles. The summed E-state index contributed by atoms with van der Waals surface area (Å²) in [6.07, 6.45) is 3.97. The van der Waals surface area contributed by atoms with Gasteiger partial charge in [-0.15, -0.1) is 0 Å². The summed E-state index contributed by atoms with van der Waals surface area (Å²) in [6.45, 7) is 4.40. The van der Waals surface area contributed by atoms with E-state index in [9.17, 15) is 9.18 Å². The molecule has 188 valence electrons. The molecule has 5 rings (SSSR count). The molecule has 1 fully saturated rings. The third kappa shape index (κ3) is 5.24. The lowest BCUT2D eigenvalue weighted by atomic mass is 10.0. The van der Waals surface area contributed by atoms with Gasteiger partial charge < -0.3 is 20.1 Å². The van der Waals surface area contributed by atoms with E-state index in [2.05, 4.69) is 15.6 Å². The molecule has 1 aliphatic heterocycles. The summed E-state index contributed by atoms with van der Waals surface area (Å²) in [7, 11) is 0. The van der Waals surface area contributed by atoms with Gasteiger partial charge in [-0.2, -0.15) is 0 Å². The number of carbonyl (C=O) groups is 1. The van der Waals surface area contributed by atoms with Crippen molar-refractivity contribution in [3.63, 3.8) is 0 Å². The molecule has 8 heteroatoms. The number of carbonyl (C=O) groups excluding carboxylic acids is 1. The number of hydrogen-bond donors (Lipinski definition) is 2. The first-order valence-electron chi connectivity index (χ1n) is 12.2. The summed E-state index contributed by atoms with van der Waals surface area (Å²) in [5, 5.41) is 7.03. The quantitative estimate of drug-likeness (QED) is 0.314. The average molecular weight is 514 g/mol. The molecule has 0 radical (unpaired) electrons. The molecule has 2 N–H and O–H groups in total. The summed E-state index contributed by atoms with van der Waals surface area (Å²) in [4.78, 5) is 19.6. The van der Waals surface area contributed by atoms with Gasteiger partial charge in [0.2, 0.25) is 5.91 Å². The third-order valence-corrected chi connectivity index (χ3v) is 6.99. The number of aromatic nitrogens is 2. The Balaban J connectivity index is 1.44. The predicted molar refractivity (Wildman–Crippen MR) is 147 cm³/mol. The third-order valence-electron chi connectivity index (χ3n) is 6.63. The van der Waals surface area contributed by atoms with E-state index in [0.717, 1.165) is 33.9 Å². The number of benzene rings is 2. The van der Waals surface area contributed by atoms with E-state index in [1.165, 1.54) is 12.1 Å². The van der Waals surface area contributed by atoms with E-state index in [4.69, 9.17) is 12.2 Å². The molecule has 1 saturated heterocycles. The molecule has 0 saturated carbocycles. The van der Waals surface area contributed by atoms with Crippen molar-refractivity contribution in [2.45, 2.75) is 32.4 Å². The second-order valence-corrected chi connectivity index (χ2v) is 9.60. The molecule has 1 amide bonds. The molecule has 0 bridgehead atoms. The zero-order chi connectivity index (χ0) is 25.9. The van der Waals surface area contributed by atoms with E-state index >= 15 is 0 Å². The van der Waals surface area contributed by atoms with Crippen molar-refractivity contribution in [1.29, 1.82) is 0 Å². The fourth-order valence-corrected chi connectivity index (χ4v) is 5.08. The Bertz CT molecular complexity index is 1420. The molecule has 2 aromatic carbocycles. The fourth-order valence-electron chi connectivity index (χ4n) is 4.75. The summed E-state index contributed by atoms with van der Waals surface area (Å²) in [5.74, 6) is -0.366. The summed E-state index contributed by atoms with van der Waals surface area (Å²) < 4.78 is 15.6. The largest absolute Gasteiger partial charge is 0.352 e. The number of aryl methyl sites for hydroxylation is 2. The van der Waals surface area contributed by atoms with Gasteiger partial charge in [0.15, 0.2) is 5.11 Å². The minimum Gasteiger partial charge on any atom is -0.352 e. The van der Waals surface area contributed by atoms with E-state index in [1.54, 1.807) is 18.3 Å². The van der Waals surface area contributed by atoms with Crippen molar-refractivity contribution < 1.29 is 9.18 Å². The van der Waals surface area contributed by atoms with Gasteiger partial charge in [0.25, 0.3) is 0 Å². The normalized spacial score (nSPS) is 17.1. The highest BCUT2D eigenvalue weighted by molar-refractivity contribution is 7.80. The maximum Gasteiger partial charge on any atom is 0.226 e. The smallest absolute Gasteiger partial charge is 0.226 e. The first kappa shape index (κ1) is 24.6. The van der Waals surface area contributed by atoms with Gasteiger partial charge in [0, 0.05) is 42.4 Å². The lowest BCUT2D eigenvalue weighted by Crippen LogP contribution is -2.33. The lowest BCUT2D eigenvalue weighted by Gasteiger charge is -2.29. The lowest BCUT2D eigenvalue weighted by molar-refractivity contribution is -0.116. The van der Waals surface area contributed by atoms with Crippen LogP contribution in [0.4, 0.5) is 10.1 Å². The standard InChI is InChI=1S/C29H28FN5OS/c1-19-8-9-20(2)24(18-19)32-26(36)14-17-35-28(27(33-29(35)37)23-6-3-4-15-31-23)25-7-5-16-34(25)22-12-10-21(30)11-13-22/h3-13,15-16,18,27-28H,14,17H2,1-2H3,(H,32,36)(H,33,37)/t27-,28+/m0/s1. The van der Waals surface area contributed by atoms with Crippen molar-refractivity contribution in [3.8, 4) is 5.69 Å². The van der Waals surface area contributed by atoms with Crippen LogP contribution >= 0.6 is 12.2 Å². The predicted octanol–water partition coefficient (Wildman–Crippen LogP) is 5.63. The molecule has 37 heavy (non-hydrogen) atoms. The minimum absolute atomic E-state index is 0.0783. The highest BCUT2D eigenvalue weighted by Crippen LogP contribution is 2.39. The van der Waals surface area contributed by atoms with Gasteiger partial charge in [-0.25, -0.2) is 4.39 Å². The van der Waals surface area contributed by atoms with Crippen LogP contribution in [0.5, 0.6) is 0 Å². The number of nitrogens with one attached hydrogen (secondary N) is 2. The molecule has 0 unspecified atom stereocenters. The summed E-state index contributed by atoms with van der Waals surface area (Å²) >= 11 is 5.76. The van der Waals surface area contributed by atoms with Crippen LogP contribution in [0.3, 0.4) is 0 Å². The van der Waals surface area contributed by atoms with E-state index < -0.39 is 0 Å². The Hall–Kier alpha value is -4.04. The number of amides is 1. The Morgan fingerprint density at radius 2 is 1.89 bits per heavy atom. The number of hydrogen-bond acceptors (Lipinski definition) is 3. The highest BCUT2D eigenvalue weighted by atomic mass is 32.1. The van der Waals surface area contributed by atoms with Crippen molar-refractivity contribution in [3.05, 3.63) is 114 Å². The number of halogens is 1. The molecule has 2 aromatic heterocycles. The zero-order valence-electron chi connectivity index (χ0n) is 20.7.